The van der Waals surface area contributed by atoms with Crippen molar-refractivity contribution in [1.82, 2.24) is 10.2 Å². The summed E-state index contributed by atoms with van der Waals surface area (Å²) in [4.78, 5) is 2.00. The topological polar surface area (TPSA) is 15.3 Å². The monoisotopic (exact) mass is 352 g/mol. The number of piperazine rings is 1. The van der Waals surface area contributed by atoms with Crippen LogP contribution in [-0.4, -0.2) is 31.1 Å². The molecule has 2 fully saturated rings. The largest absolute Gasteiger partial charge is 0.416 e. The lowest BCUT2D eigenvalue weighted by Crippen LogP contribution is -2.45. The van der Waals surface area contributed by atoms with Crippen LogP contribution < -0.4 is 5.32 Å². The Morgan fingerprint density at radius 1 is 1.17 bits per heavy atom. The molecule has 0 unspecified atom stereocenters. The SMILES string of the molecule is Cl.Fc1cccc(C(F)(F)F)c1[C@@H](CC1CC1)N1CCNCC1. The average Bonchev–Trinajstić information content (AvgIpc) is 3.29. The van der Waals surface area contributed by atoms with Crippen molar-refractivity contribution in [3.63, 3.8) is 0 Å². The van der Waals surface area contributed by atoms with E-state index in [-0.39, 0.29) is 18.0 Å². The summed E-state index contributed by atoms with van der Waals surface area (Å²) in [6.45, 7) is 2.78. The van der Waals surface area contributed by atoms with E-state index in [1.165, 1.54) is 0 Å². The molecule has 1 saturated carbocycles. The first-order chi connectivity index (χ1) is 10.5. The van der Waals surface area contributed by atoms with E-state index in [1.54, 1.807) is 0 Å². The van der Waals surface area contributed by atoms with Crippen LogP contribution >= 0.6 is 12.4 Å². The summed E-state index contributed by atoms with van der Waals surface area (Å²) in [7, 11) is 0. The summed E-state index contributed by atoms with van der Waals surface area (Å²) in [5, 5.41) is 3.19. The number of alkyl halides is 3. The molecule has 130 valence electrons. The van der Waals surface area contributed by atoms with Crippen LogP contribution in [0.25, 0.3) is 0 Å². The van der Waals surface area contributed by atoms with Gasteiger partial charge in [-0.1, -0.05) is 18.9 Å². The van der Waals surface area contributed by atoms with Crippen LogP contribution in [0.3, 0.4) is 0 Å². The highest BCUT2D eigenvalue weighted by Gasteiger charge is 2.40. The van der Waals surface area contributed by atoms with E-state index < -0.39 is 23.6 Å². The molecule has 1 heterocycles. The Morgan fingerprint density at radius 3 is 2.39 bits per heavy atom. The summed E-state index contributed by atoms with van der Waals surface area (Å²) in [6.07, 6.45) is -1.83. The number of hydrogen-bond donors (Lipinski definition) is 1. The van der Waals surface area contributed by atoms with Crippen molar-refractivity contribution >= 4 is 12.4 Å². The summed E-state index contributed by atoms with van der Waals surface area (Å²) in [5.41, 5.74) is -0.986. The zero-order valence-electron chi connectivity index (χ0n) is 12.7. The second-order valence-electron chi connectivity index (χ2n) is 6.18. The third kappa shape index (κ3) is 4.37. The van der Waals surface area contributed by atoms with Gasteiger partial charge in [0.1, 0.15) is 5.82 Å². The zero-order chi connectivity index (χ0) is 15.7. The minimum atomic E-state index is -4.52. The first-order valence-electron chi connectivity index (χ1n) is 7.77. The van der Waals surface area contributed by atoms with Gasteiger partial charge in [-0.25, -0.2) is 4.39 Å². The molecule has 0 bridgehead atoms. The molecule has 1 N–H and O–H groups in total. The van der Waals surface area contributed by atoms with Crippen LogP contribution in [0.15, 0.2) is 18.2 Å². The molecule has 7 heteroatoms. The van der Waals surface area contributed by atoms with Crippen LogP contribution in [-0.2, 0) is 6.18 Å². The molecule has 1 aliphatic heterocycles. The van der Waals surface area contributed by atoms with Gasteiger partial charge in [-0.2, -0.15) is 13.2 Å². The lowest BCUT2D eigenvalue weighted by Gasteiger charge is -2.36. The predicted molar refractivity (Wildman–Crippen MR) is 83.2 cm³/mol. The van der Waals surface area contributed by atoms with E-state index in [1.807, 2.05) is 4.90 Å². The van der Waals surface area contributed by atoms with Crippen LogP contribution in [0.5, 0.6) is 0 Å². The van der Waals surface area contributed by atoms with Gasteiger partial charge in [-0.05, 0) is 24.5 Å². The molecule has 2 aliphatic rings. The third-order valence-corrected chi connectivity index (χ3v) is 4.54. The minimum absolute atomic E-state index is 0. The molecule has 1 saturated heterocycles. The molecule has 0 aromatic heterocycles. The van der Waals surface area contributed by atoms with E-state index in [9.17, 15) is 17.6 Å². The number of nitrogens with one attached hydrogen (secondary N) is 1. The van der Waals surface area contributed by atoms with E-state index in [0.717, 1.165) is 44.1 Å². The van der Waals surface area contributed by atoms with Crippen LogP contribution in [0.1, 0.15) is 36.4 Å². The molecular weight excluding hydrogens is 332 g/mol. The van der Waals surface area contributed by atoms with Crippen molar-refractivity contribution in [2.45, 2.75) is 31.5 Å². The van der Waals surface area contributed by atoms with Gasteiger partial charge >= 0.3 is 6.18 Å². The number of benzene rings is 1. The summed E-state index contributed by atoms with van der Waals surface area (Å²) in [5.74, 6) is -0.306. The standard InChI is InChI=1S/C16H20F4N2.ClH/c17-13-3-1-2-12(16(18,19)20)15(13)14(10-11-4-5-11)22-8-6-21-7-9-22;/h1-3,11,14,21H,4-10H2;1H/t14-;/m1./s1. The number of nitrogens with zero attached hydrogens (tertiary/aromatic N) is 1. The molecule has 2 nitrogen and oxygen atoms in total. The normalized spacial score (nSPS) is 20.9. The fourth-order valence-corrected chi connectivity index (χ4v) is 3.24. The molecule has 0 spiro atoms. The summed E-state index contributed by atoms with van der Waals surface area (Å²) in [6, 6.07) is 2.81. The maximum Gasteiger partial charge on any atom is 0.416 e. The molecule has 1 atom stereocenters. The predicted octanol–water partition coefficient (Wildman–Crippen LogP) is 4.01. The van der Waals surface area contributed by atoms with Gasteiger partial charge in [0.05, 0.1) is 5.56 Å². The number of hydrogen-bond acceptors (Lipinski definition) is 2. The van der Waals surface area contributed by atoms with E-state index in [4.69, 9.17) is 0 Å². The Morgan fingerprint density at radius 2 is 1.83 bits per heavy atom. The number of rotatable bonds is 4. The number of halogens is 5. The molecule has 0 radical (unpaired) electrons. The second kappa shape index (κ2) is 7.36. The summed E-state index contributed by atoms with van der Waals surface area (Å²) < 4.78 is 54.2. The van der Waals surface area contributed by atoms with Crippen molar-refractivity contribution in [1.29, 1.82) is 0 Å². The minimum Gasteiger partial charge on any atom is -0.314 e. The molecule has 1 aromatic carbocycles. The lowest BCUT2D eigenvalue weighted by atomic mass is 9.93. The Labute approximate surface area is 139 Å². The van der Waals surface area contributed by atoms with Crippen molar-refractivity contribution in [3.8, 4) is 0 Å². The fraction of sp³-hybridized carbons (Fsp3) is 0.625. The van der Waals surface area contributed by atoms with Gasteiger partial charge in [0, 0.05) is 37.8 Å². The molecule has 1 aromatic rings. The quantitative estimate of drug-likeness (QED) is 0.824. The second-order valence-corrected chi connectivity index (χ2v) is 6.18. The average molecular weight is 353 g/mol. The molecule has 0 amide bonds. The Bertz CT molecular complexity index is 525. The highest BCUT2D eigenvalue weighted by molar-refractivity contribution is 5.85. The smallest absolute Gasteiger partial charge is 0.314 e. The molecule has 1 aliphatic carbocycles. The Balaban J connectivity index is 0.00000192. The first-order valence-corrected chi connectivity index (χ1v) is 7.77. The van der Waals surface area contributed by atoms with E-state index in [0.29, 0.717) is 25.4 Å². The molecular formula is C16H21ClF4N2. The van der Waals surface area contributed by atoms with Gasteiger partial charge in [0.15, 0.2) is 0 Å². The maximum atomic E-state index is 14.3. The molecule has 23 heavy (non-hydrogen) atoms. The highest BCUT2D eigenvalue weighted by Crippen LogP contribution is 2.44. The zero-order valence-corrected chi connectivity index (χ0v) is 13.5. The maximum absolute atomic E-state index is 14.3. The van der Waals surface area contributed by atoms with Gasteiger partial charge in [0.25, 0.3) is 0 Å². The van der Waals surface area contributed by atoms with Crippen LogP contribution in [0, 0.1) is 11.7 Å². The Hall–Kier alpha value is -0.850. The van der Waals surface area contributed by atoms with Gasteiger partial charge in [0.2, 0.25) is 0 Å². The molecule has 3 rings (SSSR count). The van der Waals surface area contributed by atoms with Crippen molar-refractivity contribution in [3.05, 3.63) is 35.1 Å². The highest BCUT2D eigenvalue weighted by atomic mass is 35.5. The third-order valence-electron chi connectivity index (χ3n) is 4.54. The van der Waals surface area contributed by atoms with Crippen molar-refractivity contribution < 1.29 is 17.6 Å². The first kappa shape index (κ1) is 18.5. The van der Waals surface area contributed by atoms with Crippen molar-refractivity contribution in [2.24, 2.45) is 5.92 Å². The Kier molecular flexibility index (Phi) is 5.92. The lowest BCUT2D eigenvalue weighted by molar-refractivity contribution is -0.139. The van der Waals surface area contributed by atoms with Crippen molar-refractivity contribution in [2.75, 3.05) is 26.2 Å². The van der Waals surface area contributed by atoms with Gasteiger partial charge in [-0.3, -0.25) is 4.90 Å². The van der Waals surface area contributed by atoms with E-state index >= 15 is 0 Å². The van der Waals surface area contributed by atoms with Crippen LogP contribution in [0.2, 0.25) is 0 Å². The van der Waals surface area contributed by atoms with Gasteiger partial charge in [-0.15, -0.1) is 12.4 Å². The summed E-state index contributed by atoms with van der Waals surface area (Å²) >= 11 is 0. The van der Waals surface area contributed by atoms with E-state index in [2.05, 4.69) is 5.32 Å². The fourth-order valence-electron chi connectivity index (χ4n) is 3.24. The van der Waals surface area contributed by atoms with Crippen LogP contribution in [0.4, 0.5) is 17.6 Å². The van der Waals surface area contributed by atoms with Gasteiger partial charge < -0.3 is 5.32 Å².